The Balaban J connectivity index is 2.36. The van der Waals surface area contributed by atoms with E-state index >= 15 is 0 Å². The maximum atomic E-state index is 12.1. The first-order valence-electron chi connectivity index (χ1n) is 5.65. The van der Waals surface area contributed by atoms with Gasteiger partial charge in [0.05, 0.1) is 0 Å². The van der Waals surface area contributed by atoms with Crippen LogP contribution in [0, 0.1) is 13.8 Å². The third kappa shape index (κ3) is 3.49. The van der Waals surface area contributed by atoms with Crippen LogP contribution in [-0.4, -0.2) is 8.42 Å². The van der Waals surface area contributed by atoms with Gasteiger partial charge in [-0.3, -0.25) is 0 Å². The molecule has 0 amide bonds. The minimum Gasteiger partial charge on any atom is -0.379 e. The lowest BCUT2D eigenvalue weighted by Crippen LogP contribution is -2.09. The number of halogens is 1. The summed E-state index contributed by atoms with van der Waals surface area (Å²) in [5, 5.41) is 0.352. The molecule has 0 aliphatic carbocycles. The van der Waals surface area contributed by atoms with Crippen LogP contribution in [0.1, 0.15) is 11.1 Å². The molecule has 3 nitrogen and oxygen atoms in total. The van der Waals surface area contributed by atoms with Crippen molar-refractivity contribution in [1.82, 2.24) is 0 Å². The first kappa shape index (κ1) is 13.9. The molecule has 0 saturated carbocycles. The van der Waals surface area contributed by atoms with Crippen LogP contribution in [-0.2, 0) is 10.1 Å². The molecule has 0 heterocycles. The summed E-state index contributed by atoms with van der Waals surface area (Å²) in [4.78, 5) is 0.0409. The lowest BCUT2D eigenvalue weighted by molar-refractivity contribution is 0.485. The zero-order valence-corrected chi connectivity index (χ0v) is 12.1. The van der Waals surface area contributed by atoms with Crippen molar-refractivity contribution in [3.8, 4) is 5.75 Å². The number of rotatable bonds is 3. The maximum Gasteiger partial charge on any atom is 0.339 e. The quantitative estimate of drug-likeness (QED) is 0.811. The molecule has 100 valence electrons. The Kier molecular flexibility index (Phi) is 3.83. The summed E-state index contributed by atoms with van der Waals surface area (Å²) < 4.78 is 29.3. The van der Waals surface area contributed by atoms with Gasteiger partial charge in [0.1, 0.15) is 10.6 Å². The second-order valence-corrected chi connectivity index (χ2v) is 6.30. The first-order valence-corrected chi connectivity index (χ1v) is 7.44. The average Bonchev–Trinajstić information content (AvgIpc) is 2.26. The Morgan fingerprint density at radius 2 is 1.63 bits per heavy atom. The first-order chi connectivity index (χ1) is 8.87. The highest BCUT2D eigenvalue weighted by Crippen LogP contribution is 2.23. The van der Waals surface area contributed by atoms with Gasteiger partial charge in [-0.25, -0.2) is 0 Å². The lowest BCUT2D eigenvalue weighted by Gasteiger charge is -2.08. The van der Waals surface area contributed by atoms with Crippen molar-refractivity contribution in [1.29, 1.82) is 0 Å². The molecule has 0 bridgehead atoms. The molecule has 0 radical (unpaired) electrons. The summed E-state index contributed by atoms with van der Waals surface area (Å²) in [6.07, 6.45) is 0. The van der Waals surface area contributed by atoms with E-state index in [1.165, 1.54) is 12.1 Å². The predicted octanol–water partition coefficient (Wildman–Crippen LogP) is 3.72. The van der Waals surface area contributed by atoms with Gasteiger partial charge in [0.25, 0.3) is 0 Å². The second-order valence-electron chi connectivity index (χ2n) is 4.32. The van der Waals surface area contributed by atoms with Crippen LogP contribution in [0.4, 0.5) is 0 Å². The van der Waals surface area contributed by atoms with Crippen LogP contribution in [0.25, 0.3) is 0 Å². The Morgan fingerprint density at radius 1 is 1.00 bits per heavy atom. The topological polar surface area (TPSA) is 43.4 Å². The van der Waals surface area contributed by atoms with Crippen molar-refractivity contribution in [3.63, 3.8) is 0 Å². The highest BCUT2D eigenvalue weighted by Gasteiger charge is 2.17. The second kappa shape index (κ2) is 5.23. The van der Waals surface area contributed by atoms with Crippen molar-refractivity contribution in [2.45, 2.75) is 18.7 Å². The molecule has 0 unspecified atom stereocenters. The third-order valence-electron chi connectivity index (χ3n) is 2.49. The Bertz CT molecular complexity index is 688. The number of aryl methyl sites for hydroxylation is 2. The predicted molar refractivity (Wildman–Crippen MR) is 75.2 cm³/mol. The van der Waals surface area contributed by atoms with Gasteiger partial charge in [-0.05, 0) is 55.3 Å². The van der Waals surface area contributed by atoms with E-state index < -0.39 is 10.1 Å². The molecule has 2 rings (SSSR count). The molecule has 0 atom stereocenters. The number of benzene rings is 2. The van der Waals surface area contributed by atoms with Gasteiger partial charge in [-0.1, -0.05) is 23.7 Å². The smallest absolute Gasteiger partial charge is 0.339 e. The Hall–Kier alpha value is -1.52. The van der Waals surface area contributed by atoms with Crippen molar-refractivity contribution in [3.05, 3.63) is 58.6 Å². The fraction of sp³-hybridized carbons (Fsp3) is 0.143. The largest absolute Gasteiger partial charge is 0.379 e. The van der Waals surface area contributed by atoms with Crippen LogP contribution >= 0.6 is 11.6 Å². The van der Waals surface area contributed by atoms with E-state index in [0.29, 0.717) is 10.8 Å². The van der Waals surface area contributed by atoms with Crippen LogP contribution in [0.2, 0.25) is 5.02 Å². The molecule has 0 saturated heterocycles. The van der Waals surface area contributed by atoms with Crippen LogP contribution in [0.3, 0.4) is 0 Å². The highest BCUT2D eigenvalue weighted by molar-refractivity contribution is 7.87. The molecule has 19 heavy (non-hydrogen) atoms. The monoisotopic (exact) mass is 296 g/mol. The molecule has 0 N–H and O–H groups in total. The number of hydrogen-bond acceptors (Lipinski definition) is 3. The molecule has 0 aliphatic heterocycles. The van der Waals surface area contributed by atoms with Gasteiger partial charge < -0.3 is 4.18 Å². The summed E-state index contributed by atoms with van der Waals surface area (Å²) in [7, 11) is -3.85. The summed E-state index contributed by atoms with van der Waals surface area (Å²) in [5.41, 5.74) is 1.88. The minimum atomic E-state index is -3.85. The van der Waals surface area contributed by atoms with Gasteiger partial charge in [-0.15, -0.1) is 0 Å². The SMILES string of the molecule is Cc1cc(C)cc(OS(=O)(=O)c2cccc(Cl)c2)c1. The van der Waals surface area contributed by atoms with E-state index in [9.17, 15) is 8.42 Å². The van der Waals surface area contributed by atoms with Crippen molar-refractivity contribution >= 4 is 21.7 Å². The van der Waals surface area contributed by atoms with Gasteiger partial charge in [0.15, 0.2) is 0 Å². The van der Waals surface area contributed by atoms with Crippen molar-refractivity contribution in [2.24, 2.45) is 0 Å². The molecule has 2 aromatic carbocycles. The van der Waals surface area contributed by atoms with E-state index in [-0.39, 0.29) is 4.90 Å². The molecule has 5 heteroatoms. The summed E-state index contributed by atoms with van der Waals surface area (Å²) in [6.45, 7) is 3.76. The molecule has 0 aliphatic rings. The third-order valence-corrected chi connectivity index (χ3v) is 3.96. The summed E-state index contributed by atoms with van der Waals surface area (Å²) >= 11 is 5.78. The van der Waals surface area contributed by atoms with E-state index in [2.05, 4.69) is 0 Å². The summed E-state index contributed by atoms with van der Waals surface area (Å²) in [6, 6.07) is 11.3. The Labute approximate surface area is 117 Å². The van der Waals surface area contributed by atoms with Gasteiger partial charge in [0, 0.05) is 5.02 Å². The minimum absolute atomic E-state index is 0.0409. The fourth-order valence-corrected chi connectivity index (χ4v) is 3.00. The molecule has 2 aromatic rings. The average molecular weight is 297 g/mol. The normalized spacial score (nSPS) is 11.3. The van der Waals surface area contributed by atoms with Crippen molar-refractivity contribution in [2.75, 3.05) is 0 Å². The van der Waals surface area contributed by atoms with Crippen molar-refractivity contribution < 1.29 is 12.6 Å². The molecular weight excluding hydrogens is 284 g/mol. The molecular formula is C14H13ClO3S. The van der Waals surface area contributed by atoms with Crippen LogP contribution in [0.5, 0.6) is 5.75 Å². The molecule has 0 fully saturated rings. The number of hydrogen-bond donors (Lipinski definition) is 0. The van der Waals surface area contributed by atoms with E-state index in [4.69, 9.17) is 15.8 Å². The highest BCUT2D eigenvalue weighted by atomic mass is 35.5. The van der Waals surface area contributed by atoms with E-state index in [0.717, 1.165) is 11.1 Å². The van der Waals surface area contributed by atoms with Gasteiger partial charge in [-0.2, -0.15) is 8.42 Å². The fourth-order valence-electron chi connectivity index (χ4n) is 1.78. The van der Waals surface area contributed by atoms with E-state index in [1.807, 2.05) is 19.9 Å². The zero-order valence-electron chi connectivity index (χ0n) is 10.6. The van der Waals surface area contributed by atoms with E-state index in [1.54, 1.807) is 24.3 Å². The molecule has 0 aromatic heterocycles. The van der Waals surface area contributed by atoms with Gasteiger partial charge in [0.2, 0.25) is 0 Å². The zero-order chi connectivity index (χ0) is 14.0. The van der Waals surface area contributed by atoms with Crippen LogP contribution in [0.15, 0.2) is 47.4 Å². The summed E-state index contributed by atoms with van der Waals surface area (Å²) in [5.74, 6) is 0.303. The van der Waals surface area contributed by atoms with Crippen LogP contribution < -0.4 is 4.18 Å². The maximum absolute atomic E-state index is 12.1. The molecule has 0 spiro atoms. The van der Waals surface area contributed by atoms with Gasteiger partial charge >= 0.3 is 10.1 Å². The Morgan fingerprint density at radius 3 is 2.21 bits per heavy atom. The lowest BCUT2D eigenvalue weighted by atomic mass is 10.1. The standard InChI is InChI=1S/C14H13ClO3S/c1-10-6-11(2)8-13(7-10)18-19(16,17)14-5-3-4-12(15)9-14/h3-9H,1-2H3.